The van der Waals surface area contributed by atoms with Crippen molar-refractivity contribution in [3.8, 4) is 0 Å². The van der Waals surface area contributed by atoms with Crippen molar-refractivity contribution in [3.63, 3.8) is 0 Å². The van der Waals surface area contributed by atoms with Gasteiger partial charge in [-0.2, -0.15) is 21.2 Å². The van der Waals surface area contributed by atoms with E-state index in [0.717, 1.165) is 12.1 Å². The van der Waals surface area contributed by atoms with Crippen molar-refractivity contribution in [3.05, 3.63) is 18.2 Å². The van der Waals surface area contributed by atoms with Crippen LogP contribution in [0, 0.1) is 0 Å². The van der Waals surface area contributed by atoms with E-state index >= 15 is 0 Å². The number of rotatable bonds is 5. The summed E-state index contributed by atoms with van der Waals surface area (Å²) in [6.07, 6.45) is 0. The highest BCUT2D eigenvalue weighted by Crippen LogP contribution is 2.26. The van der Waals surface area contributed by atoms with E-state index in [9.17, 15) is 22.1 Å². The standard InChI is InChI=1S/C6H6O9S3/c7-14-15-16-4-1-5(17(8,9)10)3-6(2-4)18(11,12)13/h1-3,7H,(H,8,9,10)(H,11,12,13)/p-1. The second-order valence-electron chi connectivity index (χ2n) is 2.81. The lowest BCUT2D eigenvalue weighted by molar-refractivity contribution is -0.777. The predicted octanol–water partition coefficient (Wildman–Crippen LogP) is -0.589. The minimum atomic E-state index is -4.70. The molecule has 0 saturated heterocycles. The zero-order valence-electron chi connectivity index (χ0n) is 8.21. The van der Waals surface area contributed by atoms with E-state index in [4.69, 9.17) is 9.11 Å². The number of benzene rings is 1. The van der Waals surface area contributed by atoms with Crippen molar-refractivity contribution in [1.29, 1.82) is 0 Å². The van der Waals surface area contributed by atoms with Crippen LogP contribution in [0.2, 0.25) is 0 Å². The van der Waals surface area contributed by atoms with Crippen molar-refractivity contribution < 1.29 is 40.6 Å². The SMILES string of the molecule is O=S(=O)(O)c1cc(SOO[O-])cc(S(=O)(=O)O)c1. The summed E-state index contributed by atoms with van der Waals surface area (Å²) >= 11 is 0.195. The fourth-order valence-corrected chi connectivity index (χ4v) is 2.73. The van der Waals surface area contributed by atoms with Gasteiger partial charge in [0.05, 0.1) is 21.8 Å². The number of hydrogen-bond acceptors (Lipinski definition) is 8. The van der Waals surface area contributed by atoms with Gasteiger partial charge in [-0.1, -0.05) is 0 Å². The average molecular weight is 317 g/mol. The molecule has 1 rings (SSSR count). The Labute approximate surface area is 106 Å². The molecule has 0 radical (unpaired) electrons. The molecule has 0 fully saturated rings. The van der Waals surface area contributed by atoms with Gasteiger partial charge in [0.1, 0.15) is 0 Å². The van der Waals surface area contributed by atoms with Crippen LogP contribution in [0.25, 0.3) is 0 Å². The van der Waals surface area contributed by atoms with Crippen molar-refractivity contribution in [2.45, 2.75) is 14.7 Å². The van der Waals surface area contributed by atoms with Gasteiger partial charge in [0, 0.05) is 4.90 Å². The maximum atomic E-state index is 10.9. The summed E-state index contributed by atoms with van der Waals surface area (Å²) in [7, 11) is -9.39. The summed E-state index contributed by atoms with van der Waals surface area (Å²) in [6, 6.07) is 2.16. The van der Waals surface area contributed by atoms with Gasteiger partial charge in [-0.3, -0.25) is 14.1 Å². The molecule has 0 heterocycles. The highest BCUT2D eigenvalue weighted by atomic mass is 32.2. The van der Waals surface area contributed by atoms with E-state index in [0.29, 0.717) is 6.07 Å². The summed E-state index contributed by atoms with van der Waals surface area (Å²) in [5, 5.41) is 12.6. The van der Waals surface area contributed by atoms with Gasteiger partial charge < -0.3 is 5.26 Å². The Morgan fingerprint density at radius 3 is 1.78 bits per heavy atom. The molecule has 1 aromatic carbocycles. The zero-order chi connectivity index (χ0) is 14.0. The first-order chi connectivity index (χ1) is 8.14. The van der Waals surface area contributed by atoms with E-state index in [1.54, 1.807) is 0 Å². The molecule has 0 atom stereocenters. The molecule has 0 amide bonds. The molecular weight excluding hydrogens is 312 g/mol. The smallest absolute Gasteiger partial charge is 0.294 e. The van der Waals surface area contributed by atoms with Crippen LogP contribution in [0.15, 0.2) is 32.9 Å². The first kappa shape index (κ1) is 15.3. The first-order valence-electron chi connectivity index (χ1n) is 3.88. The van der Waals surface area contributed by atoms with Crippen molar-refractivity contribution >= 4 is 32.3 Å². The quantitative estimate of drug-likeness (QED) is 0.312. The van der Waals surface area contributed by atoms with E-state index in [-0.39, 0.29) is 16.9 Å². The predicted molar refractivity (Wildman–Crippen MR) is 54.1 cm³/mol. The van der Waals surface area contributed by atoms with E-state index in [2.05, 4.69) is 9.37 Å². The Bertz CT molecular complexity index is 582. The normalized spacial score (nSPS) is 12.6. The molecule has 0 aliphatic heterocycles. The molecule has 18 heavy (non-hydrogen) atoms. The number of hydrogen-bond donors (Lipinski definition) is 2. The van der Waals surface area contributed by atoms with Gasteiger partial charge in [0.25, 0.3) is 20.2 Å². The average Bonchev–Trinajstić information content (AvgIpc) is 2.23. The molecule has 0 saturated carbocycles. The maximum Gasteiger partial charge on any atom is 0.294 e. The van der Waals surface area contributed by atoms with Gasteiger partial charge in [0.15, 0.2) is 0 Å². The minimum absolute atomic E-state index is 0.195. The van der Waals surface area contributed by atoms with E-state index in [1.165, 1.54) is 0 Å². The molecule has 1 aromatic rings. The van der Waals surface area contributed by atoms with Crippen LogP contribution < -0.4 is 5.26 Å². The van der Waals surface area contributed by atoms with Crippen molar-refractivity contribution in [2.24, 2.45) is 0 Å². The summed E-state index contributed by atoms with van der Waals surface area (Å²) in [6.45, 7) is 0. The van der Waals surface area contributed by atoms with Gasteiger partial charge in [-0.15, -0.1) is 0 Å². The Morgan fingerprint density at radius 1 is 1.00 bits per heavy atom. The van der Waals surface area contributed by atoms with Crippen LogP contribution in [-0.4, -0.2) is 25.9 Å². The molecule has 0 aliphatic carbocycles. The van der Waals surface area contributed by atoms with Crippen LogP contribution in [0.5, 0.6) is 0 Å². The lowest BCUT2D eigenvalue weighted by Gasteiger charge is -2.07. The second kappa shape index (κ2) is 5.50. The third kappa shape index (κ3) is 4.18. The molecule has 0 spiro atoms. The summed E-state index contributed by atoms with van der Waals surface area (Å²) in [4.78, 5) is -1.79. The Morgan fingerprint density at radius 2 is 1.44 bits per heavy atom. The fraction of sp³-hybridized carbons (Fsp3) is 0. The Kier molecular flexibility index (Phi) is 4.68. The summed E-state index contributed by atoms with van der Waals surface area (Å²) < 4.78 is 64.9. The van der Waals surface area contributed by atoms with E-state index in [1.807, 2.05) is 0 Å². The minimum Gasteiger partial charge on any atom is -0.691 e. The zero-order valence-corrected chi connectivity index (χ0v) is 10.7. The van der Waals surface area contributed by atoms with Crippen LogP contribution in [0.4, 0.5) is 0 Å². The van der Waals surface area contributed by atoms with Crippen LogP contribution in [0.1, 0.15) is 0 Å². The largest absolute Gasteiger partial charge is 0.691 e. The Hall–Kier alpha value is -0.730. The van der Waals surface area contributed by atoms with Crippen LogP contribution in [0.3, 0.4) is 0 Å². The van der Waals surface area contributed by atoms with Gasteiger partial charge in [-0.05, 0) is 18.2 Å². The molecule has 0 aromatic heterocycles. The molecule has 2 N–H and O–H groups in total. The first-order valence-corrected chi connectivity index (χ1v) is 7.50. The van der Waals surface area contributed by atoms with Gasteiger partial charge in [-0.25, -0.2) is 0 Å². The molecule has 12 heteroatoms. The molecular formula is C6H5O9S3-. The van der Waals surface area contributed by atoms with Gasteiger partial charge in [0.2, 0.25) is 0 Å². The fourth-order valence-electron chi connectivity index (χ4n) is 0.945. The third-order valence-corrected chi connectivity index (χ3v) is 3.82. The lowest BCUT2D eigenvalue weighted by atomic mass is 10.4. The molecule has 0 aliphatic rings. The van der Waals surface area contributed by atoms with Crippen LogP contribution >= 0.6 is 12.0 Å². The second-order valence-corrected chi connectivity index (χ2v) is 6.43. The highest BCUT2D eigenvalue weighted by Gasteiger charge is 2.18. The third-order valence-electron chi connectivity index (χ3n) is 1.61. The monoisotopic (exact) mass is 317 g/mol. The maximum absolute atomic E-state index is 10.9. The molecule has 102 valence electrons. The molecule has 9 nitrogen and oxygen atoms in total. The van der Waals surface area contributed by atoms with E-state index < -0.39 is 30.0 Å². The van der Waals surface area contributed by atoms with Crippen molar-refractivity contribution in [2.75, 3.05) is 0 Å². The summed E-state index contributed by atoms with van der Waals surface area (Å²) in [5.74, 6) is 0. The van der Waals surface area contributed by atoms with Crippen LogP contribution in [-0.2, 0) is 29.6 Å². The van der Waals surface area contributed by atoms with Crippen molar-refractivity contribution in [1.82, 2.24) is 0 Å². The highest BCUT2D eigenvalue weighted by molar-refractivity contribution is 7.94. The lowest BCUT2D eigenvalue weighted by Crippen LogP contribution is -2.04. The topological polar surface area (TPSA) is 150 Å². The summed E-state index contributed by atoms with van der Waals surface area (Å²) in [5.41, 5.74) is 0. The molecule has 0 bridgehead atoms. The van der Waals surface area contributed by atoms with Gasteiger partial charge >= 0.3 is 0 Å². The Balaban J connectivity index is 3.39. The molecule has 0 unspecified atom stereocenters.